The molecule has 1 aromatic rings. The topological polar surface area (TPSA) is 89.2 Å². The van der Waals surface area contributed by atoms with Crippen LogP contribution in [0, 0.1) is 17.2 Å². The van der Waals surface area contributed by atoms with Crippen LogP contribution >= 0.6 is 0 Å². The van der Waals surface area contributed by atoms with Gasteiger partial charge in [0.25, 0.3) is 0 Å². The van der Waals surface area contributed by atoms with Crippen molar-refractivity contribution in [2.24, 2.45) is 11.7 Å². The molecule has 1 aromatic heterocycles. The Hall–Kier alpha value is -2.48. The molecule has 20 heavy (non-hydrogen) atoms. The van der Waals surface area contributed by atoms with E-state index in [4.69, 9.17) is 14.9 Å². The third kappa shape index (κ3) is 1.81. The molecular formula is C15H14N2O3. The Kier molecular flexibility index (Phi) is 2.87. The molecule has 0 aromatic carbocycles. The lowest BCUT2D eigenvalue weighted by Gasteiger charge is -2.32. The molecule has 0 saturated heterocycles. The molecule has 0 saturated carbocycles. The van der Waals surface area contributed by atoms with E-state index >= 15 is 0 Å². The smallest absolute Gasteiger partial charge is 0.205 e. The Labute approximate surface area is 116 Å². The summed E-state index contributed by atoms with van der Waals surface area (Å²) in [5.74, 6) is 0.450. The number of carbonyl (C=O) groups excluding carboxylic acids is 1. The monoisotopic (exact) mass is 270 g/mol. The van der Waals surface area contributed by atoms with Crippen LogP contribution in [0.4, 0.5) is 0 Å². The molecule has 0 unspecified atom stereocenters. The van der Waals surface area contributed by atoms with E-state index < -0.39 is 5.92 Å². The molecule has 5 nitrogen and oxygen atoms in total. The van der Waals surface area contributed by atoms with Gasteiger partial charge in [0.1, 0.15) is 17.4 Å². The molecule has 0 amide bonds. The Bertz CT molecular complexity index is 662. The first kappa shape index (κ1) is 12.5. The van der Waals surface area contributed by atoms with Gasteiger partial charge in [-0.25, -0.2) is 0 Å². The fourth-order valence-electron chi connectivity index (χ4n) is 2.87. The third-order valence-electron chi connectivity index (χ3n) is 3.74. The number of furan rings is 1. The molecular weight excluding hydrogens is 256 g/mol. The van der Waals surface area contributed by atoms with E-state index in [0.29, 0.717) is 24.2 Å². The standard InChI is InChI=1S/C15H14N2O3/c1-8-4-11(18)14-12(5-8)20-15(17)10(6-16)13(14)9-2-3-19-7-9/h2-3,7-8,13H,4-5,17H2,1H3/t8-,13-/m1/s1. The van der Waals surface area contributed by atoms with Crippen molar-refractivity contribution in [3.05, 3.63) is 46.9 Å². The Morgan fingerprint density at radius 3 is 2.90 bits per heavy atom. The number of ketones is 1. The van der Waals surface area contributed by atoms with Gasteiger partial charge in [0.15, 0.2) is 5.78 Å². The molecule has 2 heterocycles. The number of allylic oxidation sites excluding steroid dienone is 3. The fraction of sp³-hybridized carbons (Fsp3) is 0.333. The summed E-state index contributed by atoms with van der Waals surface area (Å²) in [6, 6.07) is 3.80. The van der Waals surface area contributed by atoms with Gasteiger partial charge >= 0.3 is 0 Å². The summed E-state index contributed by atoms with van der Waals surface area (Å²) >= 11 is 0. The summed E-state index contributed by atoms with van der Waals surface area (Å²) in [7, 11) is 0. The average molecular weight is 270 g/mol. The number of hydrogen-bond donors (Lipinski definition) is 1. The van der Waals surface area contributed by atoms with Crippen LogP contribution in [0.15, 0.2) is 45.8 Å². The molecule has 2 atom stereocenters. The van der Waals surface area contributed by atoms with Crippen molar-refractivity contribution in [2.45, 2.75) is 25.7 Å². The van der Waals surface area contributed by atoms with Crippen LogP contribution in [0.2, 0.25) is 0 Å². The number of Topliss-reactive ketones (excluding diaryl/α,β-unsaturated/α-hetero) is 1. The number of carbonyl (C=O) groups is 1. The second-order valence-electron chi connectivity index (χ2n) is 5.25. The van der Waals surface area contributed by atoms with Crippen LogP contribution in [-0.4, -0.2) is 5.78 Å². The number of ether oxygens (including phenoxy) is 1. The SMILES string of the molecule is C[C@@H]1CC(=O)C2=C(C1)OC(N)=C(C#N)[C@H]2c1ccoc1. The van der Waals surface area contributed by atoms with Crippen molar-refractivity contribution in [1.82, 2.24) is 0 Å². The maximum atomic E-state index is 12.4. The van der Waals surface area contributed by atoms with Crippen LogP contribution in [0.1, 0.15) is 31.2 Å². The molecule has 1 aliphatic carbocycles. The zero-order valence-corrected chi connectivity index (χ0v) is 11.1. The average Bonchev–Trinajstić information content (AvgIpc) is 2.90. The first-order valence-corrected chi connectivity index (χ1v) is 6.47. The normalized spacial score (nSPS) is 26.1. The first-order chi connectivity index (χ1) is 9.61. The highest BCUT2D eigenvalue weighted by Gasteiger charge is 2.39. The van der Waals surface area contributed by atoms with Gasteiger partial charge in [-0.05, 0) is 12.0 Å². The van der Waals surface area contributed by atoms with Gasteiger partial charge in [0, 0.05) is 24.0 Å². The van der Waals surface area contributed by atoms with E-state index in [1.165, 1.54) is 12.5 Å². The highest BCUT2D eigenvalue weighted by Crippen LogP contribution is 2.44. The summed E-state index contributed by atoms with van der Waals surface area (Å²) < 4.78 is 10.6. The largest absolute Gasteiger partial charge is 0.472 e. The zero-order valence-electron chi connectivity index (χ0n) is 11.1. The lowest BCUT2D eigenvalue weighted by molar-refractivity contribution is -0.117. The van der Waals surface area contributed by atoms with Crippen molar-refractivity contribution in [2.75, 3.05) is 0 Å². The summed E-state index contributed by atoms with van der Waals surface area (Å²) in [4.78, 5) is 12.4. The number of nitriles is 1. The van der Waals surface area contributed by atoms with Crippen molar-refractivity contribution in [3.8, 4) is 6.07 Å². The van der Waals surface area contributed by atoms with Crippen molar-refractivity contribution in [1.29, 1.82) is 5.26 Å². The van der Waals surface area contributed by atoms with E-state index in [2.05, 4.69) is 6.07 Å². The number of rotatable bonds is 1. The van der Waals surface area contributed by atoms with Crippen LogP contribution in [0.3, 0.4) is 0 Å². The molecule has 102 valence electrons. The molecule has 2 N–H and O–H groups in total. The predicted molar refractivity (Wildman–Crippen MR) is 69.8 cm³/mol. The molecule has 0 radical (unpaired) electrons. The number of nitrogens with zero attached hydrogens (tertiary/aromatic N) is 1. The van der Waals surface area contributed by atoms with Crippen LogP contribution in [-0.2, 0) is 9.53 Å². The maximum Gasteiger partial charge on any atom is 0.205 e. The molecule has 3 rings (SSSR count). The van der Waals surface area contributed by atoms with Gasteiger partial charge in [0.05, 0.1) is 18.4 Å². The maximum absolute atomic E-state index is 12.4. The molecule has 0 spiro atoms. The number of nitrogens with two attached hydrogens (primary N) is 1. The fourth-order valence-corrected chi connectivity index (χ4v) is 2.87. The molecule has 5 heteroatoms. The minimum atomic E-state index is -0.470. The van der Waals surface area contributed by atoms with E-state index in [1.54, 1.807) is 6.07 Å². The van der Waals surface area contributed by atoms with Crippen LogP contribution in [0.5, 0.6) is 0 Å². The molecule has 0 bridgehead atoms. The molecule has 1 aliphatic heterocycles. The van der Waals surface area contributed by atoms with E-state index in [0.717, 1.165) is 5.56 Å². The Balaban J connectivity index is 2.16. The minimum Gasteiger partial charge on any atom is -0.472 e. The zero-order chi connectivity index (χ0) is 14.3. The molecule has 0 fully saturated rings. The summed E-state index contributed by atoms with van der Waals surface area (Å²) in [5, 5.41) is 9.33. The van der Waals surface area contributed by atoms with Crippen molar-refractivity contribution < 1.29 is 13.9 Å². The Morgan fingerprint density at radius 2 is 2.25 bits per heavy atom. The van der Waals surface area contributed by atoms with Crippen molar-refractivity contribution >= 4 is 5.78 Å². The van der Waals surface area contributed by atoms with Gasteiger partial charge in [-0.15, -0.1) is 0 Å². The highest BCUT2D eigenvalue weighted by atomic mass is 16.5. The van der Waals surface area contributed by atoms with Gasteiger partial charge in [-0.3, -0.25) is 4.79 Å². The summed E-state index contributed by atoms with van der Waals surface area (Å²) in [6.07, 6.45) is 4.19. The van der Waals surface area contributed by atoms with Crippen LogP contribution in [0.25, 0.3) is 0 Å². The van der Waals surface area contributed by atoms with E-state index in [9.17, 15) is 10.1 Å². The van der Waals surface area contributed by atoms with Gasteiger partial charge in [0.2, 0.25) is 5.88 Å². The third-order valence-corrected chi connectivity index (χ3v) is 3.74. The van der Waals surface area contributed by atoms with Gasteiger partial charge in [-0.1, -0.05) is 6.92 Å². The first-order valence-electron chi connectivity index (χ1n) is 6.47. The minimum absolute atomic E-state index is 0.0187. The van der Waals surface area contributed by atoms with E-state index in [1.807, 2.05) is 6.92 Å². The quantitative estimate of drug-likeness (QED) is 0.846. The van der Waals surface area contributed by atoms with Crippen LogP contribution < -0.4 is 5.73 Å². The Morgan fingerprint density at radius 1 is 1.45 bits per heavy atom. The number of hydrogen-bond acceptors (Lipinski definition) is 5. The molecule has 2 aliphatic rings. The summed E-state index contributed by atoms with van der Waals surface area (Å²) in [6.45, 7) is 2.00. The summed E-state index contributed by atoms with van der Waals surface area (Å²) in [5.41, 5.74) is 7.42. The van der Waals surface area contributed by atoms with Gasteiger partial charge in [-0.2, -0.15) is 5.26 Å². The van der Waals surface area contributed by atoms with E-state index in [-0.39, 0.29) is 23.2 Å². The highest BCUT2D eigenvalue weighted by molar-refractivity contribution is 5.99. The lowest BCUT2D eigenvalue weighted by atomic mass is 9.76. The predicted octanol–water partition coefficient (Wildman–Crippen LogP) is 2.34. The second-order valence-corrected chi connectivity index (χ2v) is 5.25. The van der Waals surface area contributed by atoms with Crippen molar-refractivity contribution in [3.63, 3.8) is 0 Å². The lowest BCUT2D eigenvalue weighted by Crippen LogP contribution is -2.29. The van der Waals surface area contributed by atoms with Gasteiger partial charge < -0.3 is 14.9 Å². The second kappa shape index (κ2) is 4.57.